The number of carboxylic acid groups (broad SMARTS) is 1. The van der Waals surface area contributed by atoms with Crippen molar-refractivity contribution in [3.63, 3.8) is 0 Å². The Kier molecular flexibility index (Phi) is 12.4. The van der Waals surface area contributed by atoms with Gasteiger partial charge in [0.1, 0.15) is 0 Å². The second-order valence-corrected chi connectivity index (χ2v) is 13.8. The average Bonchev–Trinajstić information content (AvgIpc) is 3.13. The van der Waals surface area contributed by atoms with Crippen molar-refractivity contribution >= 4 is 29.6 Å². The first-order valence-electron chi connectivity index (χ1n) is 17.3. The molecule has 3 aromatic rings. The zero-order valence-electron chi connectivity index (χ0n) is 28.3. The van der Waals surface area contributed by atoms with Crippen molar-refractivity contribution in [1.29, 1.82) is 0 Å². The lowest BCUT2D eigenvalue weighted by molar-refractivity contribution is -0.144. The number of methoxy groups -OCH3 is 1. The Balaban J connectivity index is 1.31. The van der Waals surface area contributed by atoms with Gasteiger partial charge in [-0.15, -0.1) is 0 Å². The number of hydrogen-bond acceptors (Lipinski definition) is 6. The van der Waals surface area contributed by atoms with Gasteiger partial charge in [-0.3, -0.25) is 9.59 Å². The van der Waals surface area contributed by atoms with Gasteiger partial charge in [-0.1, -0.05) is 84.4 Å². The SMILES string of the molecule is COC(=O)CCC(=O)N1CCC(N(CC(CCCN2CCC(O)(c3ccc(Cl)cc3)CC2)(c2ccccc2)c2ccccc2)C(=O)O)CC1. The third kappa shape index (κ3) is 9.01. The number of amides is 2. The summed E-state index contributed by atoms with van der Waals surface area (Å²) < 4.78 is 4.67. The topological polar surface area (TPSA) is 111 Å². The molecule has 5 rings (SSSR count). The van der Waals surface area contributed by atoms with E-state index in [0.717, 1.165) is 49.2 Å². The predicted molar refractivity (Wildman–Crippen MR) is 190 cm³/mol. The summed E-state index contributed by atoms with van der Waals surface area (Å²) in [4.78, 5) is 43.1. The molecule has 0 aromatic heterocycles. The third-order valence-electron chi connectivity index (χ3n) is 10.5. The minimum absolute atomic E-state index is 0.0356. The van der Waals surface area contributed by atoms with E-state index in [0.29, 0.717) is 43.8 Å². The number of hydrogen-bond donors (Lipinski definition) is 2. The fraction of sp³-hybridized carbons (Fsp3) is 0.462. The number of aliphatic hydroxyl groups is 1. The van der Waals surface area contributed by atoms with Crippen LogP contribution >= 0.6 is 11.6 Å². The van der Waals surface area contributed by atoms with Gasteiger partial charge < -0.3 is 29.6 Å². The van der Waals surface area contributed by atoms with Crippen molar-refractivity contribution in [2.45, 2.75) is 68.4 Å². The highest BCUT2D eigenvalue weighted by molar-refractivity contribution is 6.30. The Hall–Kier alpha value is -3.92. The van der Waals surface area contributed by atoms with Crippen LogP contribution in [0.15, 0.2) is 84.9 Å². The number of likely N-dealkylation sites (tertiary alicyclic amines) is 2. The first kappa shape index (κ1) is 36.4. The molecule has 2 aliphatic heterocycles. The number of ether oxygens (including phenoxy) is 1. The lowest BCUT2D eigenvalue weighted by Crippen LogP contribution is -2.53. The van der Waals surface area contributed by atoms with Crippen molar-refractivity contribution in [2.75, 3.05) is 46.4 Å². The van der Waals surface area contributed by atoms with Crippen LogP contribution in [0.5, 0.6) is 0 Å². The maximum absolute atomic E-state index is 13.0. The molecule has 3 aromatic carbocycles. The monoisotopic (exact) mass is 689 g/mol. The summed E-state index contributed by atoms with van der Waals surface area (Å²) in [7, 11) is 1.31. The van der Waals surface area contributed by atoms with Crippen LogP contribution in [0.25, 0.3) is 0 Å². The zero-order valence-corrected chi connectivity index (χ0v) is 29.1. The summed E-state index contributed by atoms with van der Waals surface area (Å²) >= 11 is 6.08. The van der Waals surface area contributed by atoms with Crippen LogP contribution in [0, 0.1) is 0 Å². The smallest absolute Gasteiger partial charge is 0.407 e. The average molecular weight is 690 g/mol. The lowest BCUT2D eigenvalue weighted by Gasteiger charge is -2.44. The molecule has 2 heterocycles. The Morgan fingerprint density at radius 3 is 1.98 bits per heavy atom. The second-order valence-electron chi connectivity index (χ2n) is 13.4. The number of halogens is 1. The molecule has 2 aliphatic rings. The summed E-state index contributed by atoms with van der Waals surface area (Å²) in [6.45, 7) is 3.53. The molecule has 10 heteroatoms. The van der Waals surface area contributed by atoms with Crippen molar-refractivity contribution in [3.05, 3.63) is 107 Å². The minimum Gasteiger partial charge on any atom is -0.469 e. The van der Waals surface area contributed by atoms with E-state index in [2.05, 4.69) is 33.9 Å². The van der Waals surface area contributed by atoms with Crippen LogP contribution in [-0.2, 0) is 25.3 Å². The summed E-state index contributed by atoms with van der Waals surface area (Å²) in [5.41, 5.74) is 1.56. The maximum atomic E-state index is 13.0. The van der Waals surface area contributed by atoms with E-state index in [1.54, 1.807) is 9.80 Å². The van der Waals surface area contributed by atoms with E-state index in [-0.39, 0.29) is 31.3 Å². The largest absolute Gasteiger partial charge is 0.469 e. The number of esters is 1. The van der Waals surface area contributed by atoms with Crippen LogP contribution in [-0.4, -0.2) is 95.3 Å². The molecule has 0 unspecified atom stereocenters. The Labute approximate surface area is 294 Å². The predicted octanol–water partition coefficient (Wildman–Crippen LogP) is 6.31. The van der Waals surface area contributed by atoms with Crippen molar-refractivity contribution in [3.8, 4) is 0 Å². The Bertz CT molecular complexity index is 1480. The lowest BCUT2D eigenvalue weighted by atomic mass is 9.70. The van der Waals surface area contributed by atoms with Gasteiger partial charge in [-0.05, 0) is 73.9 Å². The van der Waals surface area contributed by atoms with Crippen LogP contribution in [0.1, 0.15) is 68.1 Å². The van der Waals surface area contributed by atoms with E-state index in [4.69, 9.17) is 11.6 Å². The molecule has 49 heavy (non-hydrogen) atoms. The molecule has 0 saturated carbocycles. The third-order valence-corrected chi connectivity index (χ3v) is 10.8. The van der Waals surface area contributed by atoms with E-state index in [1.165, 1.54) is 7.11 Å². The zero-order chi connectivity index (χ0) is 34.9. The van der Waals surface area contributed by atoms with Gasteiger partial charge in [0.15, 0.2) is 0 Å². The van der Waals surface area contributed by atoms with Gasteiger partial charge in [0.05, 0.1) is 19.1 Å². The van der Waals surface area contributed by atoms with Crippen molar-refractivity contribution in [2.24, 2.45) is 0 Å². The fourth-order valence-corrected chi connectivity index (χ4v) is 7.70. The van der Waals surface area contributed by atoms with Gasteiger partial charge in [0.25, 0.3) is 0 Å². The fourth-order valence-electron chi connectivity index (χ4n) is 7.57. The number of carbonyl (C=O) groups excluding carboxylic acids is 2. The normalized spacial score (nSPS) is 17.0. The molecule has 0 atom stereocenters. The maximum Gasteiger partial charge on any atom is 0.407 e. The van der Waals surface area contributed by atoms with E-state index in [9.17, 15) is 24.6 Å². The molecule has 2 amide bonds. The molecule has 0 aliphatic carbocycles. The van der Waals surface area contributed by atoms with Gasteiger partial charge >= 0.3 is 12.1 Å². The van der Waals surface area contributed by atoms with Gasteiger partial charge in [-0.2, -0.15) is 0 Å². The van der Waals surface area contributed by atoms with Crippen molar-refractivity contribution in [1.82, 2.24) is 14.7 Å². The van der Waals surface area contributed by atoms with Crippen LogP contribution in [0.3, 0.4) is 0 Å². The first-order valence-corrected chi connectivity index (χ1v) is 17.7. The number of rotatable bonds is 13. The molecule has 0 spiro atoms. The second kappa shape index (κ2) is 16.7. The number of nitrogens with zero attached hydrogens (tertiary/aromatic N) is 3. The minimum atomic E-state index is -0.968. The number of benzene rings is 3. The van der Waals surface area contributed by atoms with E-state index >= 15 is 0 Å². The highest BCUT2D eigenvalue weighted by Crippen LogP contribution is 2.40. The van der Waals surface area contributed by atoms with E-state index in [1.807, 2.05) is 60.7 Å². The van der Waals surface area contributed by atoms with E-state index < -0.39 is 23.1 Å². The molecule has 2 N–H and O–H groups in total. The molecular weight excluding hydrogens is 642 g/mol. The van der Waals surface area contributed by atoms with Crippen molar-refractivity contribution < 1.29 is 29.3 Å². The molecule has 9 nitrogen and oxygen atoms in total. The molecule has 2 saturated heterocycles. The van der Waals surface area contributed by atoms with Crippen LogP contribution in [0.2, 0.25) is 5.02 Å². The first-order chi connectivity index (χ1) is 23.6. The van der Waals surface area contributed by atoms with Crippen LogP contribution < -0.4 is 0 Å². The summed E-state index contributed by atoms with van der Waals surface area (Å²) in [6, 6.07) is 27.6. The molecule has 0 radical (unpaired) electrons. The summed E-state index contributed by atoms with van der Waals surface area (Å²) in [5, 5.41) is 22.7. The Morgan fingerprint density at radius 1 is 0.878 bits per heavy atom. The molecule has 262 valence electrons. The highest BCUT2D eigenvalue weighted by atomic mass is 35.5. The molecule has 2 fully saturated rings. The summed E-state index contributed by atoms with van der Waals surface area (Å²) in [6.07, 6.45) is 3.04. The quantitative estimate of drug-likeness (QED) is 0.202. The molecule has 0 bridgehead atoms. The highest BCUT2D eigenvalue weighted by Gasteiger charge is 2.41. The number of carbonyl (C=O) groups is 3. The molecular formula is C39H48ClN3O6. The van der Waals surface area contributed by atoms with Gasteiger partial charge in [-0.25, -0.2) is 4.79 Å². The van der Waals surface area contributed by atoms with Gasteiger partial charge in [0, 0.05) is 55.6 Å². The summed E-state index contributed by atoms with van der Waals surface area (Å²) in [5.74, 6) is -0.531. The van der Waals surface area contributed by atoms with Gasteiger partial charge in [0.2, 0.25) is 5.91 Å². The number of piperidine rings is 2. The Morgan fingerprint density at radius 2 is 1.45 bits per heavy atom. The van der Waals surface area contributed by atoms with Crippen LogP contribution in [0.4, 0.5) is 4.79 Å². The standard InChI is InChI=1S/C39H48ClN3O6/c1-49-36(45)18-17-35(44)42-25-19-34(20-26-42)43(37(46)47)29-38(30-9-4-2-5-10-30,31-11-6-3-7-12-31)21-8-24-41-27-22-39(48,23-28-41)32-13-15-33(40)16-14-32/h2-7,9-16,34,48H,8,17-29H2,1H3,(H,46,47).